The van der Waals surface area contributed by atoms with E-state index in [1.54, 1.807) is 6.20 Å². The lowest BCUT2D eigenvalue weighted by Crippen LogP contribution is -2.41. The molecule has 1 unspecified atom stereocenters. The Morgan fingerprint density at radius 1 is 1.10 bits per heavy atom. The minimum Gasteiger partial charge on any atom is -0.394 e. The summed E-state index contributed by atoms with van der Waals surface area (Å²) in [5, 5.41) is 13.3. The van der Waals surface area contributed by atoms with Gasteiger partial charge in [0, 0.05) is 30.0 Å². The lowest BCUT2D eigenvalue weighted by atomic mass is 10.0. The van der Waals surface area contributed by atoms with Crippen LogP contribution in [0.15, 0.2) is 36.5 Å². The summed E-state index contributed by atoms with van der Waals surface area (Å²) in [7, 11) is 0. The fourth-order valence-corrected chi connectivity index (χ4v) is 4.18. The largest absolute Gasteiger partial charge is 0.394 e. The second-order valence-corrected chi connectivity index (χ2v) is 7.57. The fourth-order valence-electron chi connectivity index (χ4n) is 4.18. The Kier molecular flexibility index (Phi) is 6.91. The van der Waals surface area contributed by atoms with Gasteiger partial charge < -0.3 is 19.1 Å². The van der Waals surface area contributed by atoms with E-state index >= 15 is 0 Å². The van der Waals surface area contributed by atoms with E-state index in [-0.39, 0.29) is 18.4 Å². The van der Waals surface area contributed by atoms with E-state index in [9.17, 15) is 9.59 Å². The van der Waals surface area contributed by atoms with Crippen molar-refractivity contribution >= 4 is 33.8 Å². The maximum absolute atomic E-state index is 12.6. The predicted octanol–water partition coefficient (Wildman–Crippen LogP) is 2.13. The first-order chi connectivity index (χ1) is 15.2. The Labute approximate surface area is 180 Å². The number of aromatic nitrogens is 2. The molecule has 2 aromatic heterocycles. The Bertz CT molecular complexity index is 1080. The molecule has 1 atom stereocenters. The zero-order chi connectivity index (χ0) is 21.6. The average Bonchev–Trinajstić information content (AvgIpc) is 3.11. The number of fused-ring (bicyclic) bond motifs is 3. The van der Waals surface area contributed by atoms with Crippen molar-refractivity contribution in [1.82, 2.24) is 14.9 Å². The van der Waals surface area contributed by atoms with E-state index in [0.29, 0.717) is 39.3 Å². The Balaban J connectivity index is 1.56. The second-order valence-electron chi connectivity index (χ2n) is 7.57. The van der Waals surface area contributed by atoms with Crippen LogP contribution in [0.3, 0.4) is 0 Å². The molecular weight excluding hydrogens is 398 g/mol. The van der Waals surface area contributed by atoms with Crippen LogP contribution in [0.1, 0.15) is 30.9 Å². The van der Waals surface area contributed by atoms with Gasteiger partial charge in [-0.15, -0.1) is 0 Å². The number of aliphatic hydroxyl groups excluding tert-OH is 1. The molecule has 4 rings (SSSR count). The van der Waals surface area contributed by atoms with Crippen LogP contribution in [0.4, 0.5) is 0 Å². The Morgan fingerprint density at radius 3 is 2.71 bits per heavy atom. The summed E-state index contributed by atoms with van der Waals surface area (Å²) >= 11 is 0. The van der Waals surface area contributed by atoms with Crippen LogP contribution in [0.5, 0.6) is 0 Å². The molecule has 2 N–H and O–H groups in total. The third-order valence-corrected chi connectivity index (χ3v) is 5.54. The van der Waals surface area contributed by atoms with E-state index < -0.39 is 6.04 Å². The van der Waals surface area contributed by atoms with Gasteiger partial charge in [0.05, 0.1) is 31.9 Å². The third kappa shape index (κ3) is 4.61. The summed E-state index contributed by atoms with van der Waals surface area (Å²) in [6.07, 6.45) is 4.24. The Hall–Kier alpha value is -2.81. The summed E-state index contributed by atoms with van der Waals surface area (Å²) in [6, 6.07) is 9.57. The molecule has 0 bridgehead atoms. The average molecular weight is 425 g/mol. The van der Waals surface area contributed by atoms with Gasteiger partial charge in [-0.05, 0) is 37.0 Å². The molecule has 1 saturated heterocycles. The molecule has 31 heavy (non-hydrogen) atoms. The fraction of sp³-hybridized carbons (Fsp3) is 0.435. The number of pyridine rings is 1. The predicted molar refractivity (Wildman–Crippen MR) is 116 cm³/mol. The summed E-state index contributed by atoms with van der Waals surface area (Å²) in [5.41, 5.74) is 2.88. The lowest BCUT2D eigenvalue weighted by Gasteiger charge is -2.23. The molecule has 2 amide bonds. The van der Waals surface area contributed by atoms with Crippen molar-refractivity contribution in [3.8, 4) is 0 Å². The number of hydrogen-bond donors (Lipinski definition) is 2. The monoisotopic (exact) mass is 425 g/mol. The van der Waals surface area contributed by atoms with E-state index in [4.69, 9.17) is 14.6 Å². The van der Waals surface area contributed by atoms with Crippen LogP contribution in [0.25, 0.3) is 21.9 Å². The van der Waals surface area contributed by atoms with Crippen LogP contribution in [0, 0.1) is 0 Å². The number of nitrogens with zero attached hydrogens (tertiary/aromatic N) is 2. The smallest absolute Gasteiger partial charge is 0.249 e. The third-order valence-electron chi connectivity index (χ3n) is 5.54. The van der Waals surface area contributed by atoms with Crippen molar-refractivity contribution in [3.05, 3.63) is 42.1 Å². The van der Waals surface area contributed by atoms with Crippen LogP contribution in [-0.2, 0) is 25.5 Å². The number of aryl methyl sites for hydroxylation is 1. The summed E-state index contributed by atoms with van der Waals surface area (Å²) in [5.74, 6) is -0.500. The van der Waals surface area contributed by atoms with Crippen molar-refractivity contribution in [2.75, 3.05) is 33.0 Å². The zero-order valence-corrected chi connectivity index (χ0v) is 17.4. The highest BCUT2D eigenvalue weighted by atomic mass is 16.5. The van der Waals surface area contributed by atoms with Gasteiger partial charge in [-0.3, -0.25) is 14.9 Å². The minimum atomic E-state index is -0.454. The molecule has 1 aliphatic rings. The molecule has 0 aliphatic carbocycles. The van der Waals surface area contributed by atoms with Gasteiger partial charge in [0.2, 0.25) is 11.8 Å². The SMILES string of the molecule is O=C1CCC(n2c3ccccc3c3c(CCCOCCOCCO)ccnc32)C(=O)N1. The molecule has 1 fully saturated rings. The van der Waals surface area contributed by atoms with E-state index in [1.807, 2.05) is 28.8 Å². The molecule has 0 spiro atoms. The van der Waals surface area contributed by atoms with E-state index in [2.05, 4.69) is 16.4 Å². The highest BCUT2D eigenvalue weighted by Gasteiger charge is 2.31. The number of ether oxygens (including phenoxy) is 2. The quantitative estimate of drug-likeness (QED) is 0.381. The highest BCUT2D eigenvalue weighted by Crippen LogP contribution is 2.35. The second kappa shape index (κ2) is 10.00. The number of carbonyl (C=O) groups excluding carboxylic acids is 2. The van der Waals surface area contributed by atoms with Gasteiger partial charge in [-0.25, -0.2) is 4.98 Å². The number of piperidine rings is 1. The van der Waals surface area contributed by atoms with Gasteiger partial charge in [-0.1, -0.05) is 18.2 Å². The molecule has 0 radical (unpaired) electrons. The molecule has 1 aromatic carbocycles. The zero-order valence-electron chi connectivity index (χ0n) is 17.4. The summed E-state index contributed by atoms with van der Waals surface area (Å²) in [6.45, 7) is 1.93. The van der Waals surface area contributed by atoms with Crippen LogP contribution < -0.4 is 5.32 Å². The first-order valence-corrected chi connectivity index (χ1v) is 10.7. The van der Waals surface area contributed by atoms with Gasteiger partial charge in [0.25, 0.3) is 0 Å². The van der Waals surface area contributed by atoms with Gasteiger partial charge >= 0.3 is 0 Å². The molecular formula is C23H27N3O5. The molecule has 1 aliphatic heterocycles. The van der Waals surface area contributed by atoms with Gasteiger partial charge in [-0.2, -0.15) is 0 Å². The number of para-hydroxylation sites is 1. The molecule has 164 valence electrons. The first-order valence-electron chi connectivity index (χ1n) is 10.7. The number of aliphatic hydroxyl groups is 1. The van der Waals surface area contributed by atoms with Crippen LogP contribution in [0.2, 0.25) is 0 Å². The van der Waals surface area contributed by atoms with Crippen molar-refractivity contribution < 1.29 is 24.2 Å². The van der Waals surface area contributed by atoms with E-state index in [0.717, 1.165) is 40.3 Å². The summed E-state index contributed by atoms with van der Waals surface area (Å²) < 4.78 is 12.8. The minimum absolute atomic E-state index is 0.0183. The maximum atomic E-state index is 12.6. The number of nitrogens with one attached hydrogen (secondary N) is 1. The molecule has 8 nitrogen and oxygen atoms in total. The summed E-state index contributed by atoms with van der Waals surface area (Å²) in [4.78, 5) is 28.8. The van der Waals surface area contributed by atoms with Crippen molar-refractivity contribution in [1.29, 1.82) is 0 Å². The molecule has 3 aromatic rings. The number of hydrogen-bond acceptors (Lipinski definition) is 6. The molecule has 0 saturated carbocycles. The number of carbonyl (C=O) groups is 2. The van der Waals surface area contributed by atoms with Crippen molar-refractivity contribution in [2.24, 2.45) is 0 Å². The number of imide groups is 1. The standard InChI is InChI=1S/C23H27N3O5/c27-11-13-31-15-14-30-12-3-4-16-9-10-24-22-21(16)17-5-1-2-6-18(17)26(22)19-7-8-20(28)25-23(19)29/h1-2,5-6,9-10,19,27H,3-4,7-8,11-15H2,(H,25,28,29). The highest BCUT2D eigenvalue weighted by molar-refractivity contribution is 6.10. The first kappa shape index (κ1) is 21.4. The van der Waals surface area contributed by atoms with Crippen LogP contribution in [-0.4, -0.2) is 59.5 Å². The van der Waals surface area contributed by atoms with Crippen molar-refractivity contribution in [2.45, 2.75) is 31.7 Å². The molecule has 8 heteroatoms. The normalized spacial score (nSPS) is 16.9. The number of benzene rings is 1. The lowest BCUT2D eigenvalue weighted by molar-refractivity contribution is -0.135. The van der Waals surface area contributed by atoms with Gasteiger partial charge in [0.1, 0.15) is 11.7 Å². The van der Waals surface area contributed by atoms with E-state index in [1.165, 1.54) is 0 Å². The van der Waals surface area contributed by atoms with Gasteiger partial charge in [0.15, 0.2) is 0 Å². The maximum Gasteiger partial charge on any atom is 0.249 e. The molecule has 3 heterocycles. The number of amides is 2. The number of rotatable bonds is 10. The van der Waals surface area contributed by atoms with Crippen LogP contribution >= 0.6 is 0 Å². The Morgan fingerprint density at radius 2 is 1.90 bits per heavy atom. The van der Waals surface area contributed by atoms with Crippen molar-refractivity contribution in [3.63, 3.8) is 0 Å². The topological polar surface area (TPSA) is 103 Å².